The minimum atomic E-state index is -4.04. The Labute approximate surface area is 170 Å². The third-order valence-corrected chi connectivity index (χ3v) is 7.37. The van der Waals surface area contributed by atoms with E-state index in [-0.39, 0.29) is 11.6 Å². The van der Waals surface area contributed by atoms with Gasteiger partial charge in [-0.05, 0) is 50.8 Å². The van der Waals surface area contributed by atoms with Gasteiger partial charge in [0.1, 0.15) is 10.7 Å². The highest BCUT2D eigenvalue weighted by Gasteiger charge is 2.30. The zero-order chi connectivity index (χ0) is 21.0. The molecule has 2 aliphatic rings. The van der Waals surface area contributed by atoms with Gasteiger partial charge in [-0.1, -0.05) is 19.3 Å². The number of hydrogen-bond acceptors (Lipinski definition) is 5. The molecule has 1 aliphatic heterocycles. The van der Waals surface area contributed by atoms with Gasteiger partial charge >= 0.3 is 5.97 Å². The third-order valence-electron chi connectivity index (χ3n) is 5.45. The van der Waals surface area contributed by atoms with Crippen molar-refractivity contribution in [2.75, 3.05) is 13.1 Å². The summed E-state index contributed by atoms with van der Waals surface area (Å²) in [6, 6.07) is 3.18. The number of carbonyl (C=O) groups excluding carboxylic acids is 2. The van der Waals surface area contributed by atoms with E-state index in [1.807, 2.05) is 0 Å². The van der Waals surface area contributed by atoms with Crippen LogP contribution in [0, 0.1) is 5.82 Å². The summed E-state index contributed by atoms with van der Waals surface area (Å²) in [7, 11) is -4.04. The van der Waals surface area contributed by atoms with Crippen LogP contribution in [0.5, 0.6) is 0 Å². The first-order valence-electron chi connectivity index (χ1n) is 10.1. The number of hydrogen-bond donors (Lipinski definition) is 1. The number of amides is 1. The molecule has 1 atom stereocenters. The Balaban J connectivity index is 1.71. The summed E-state index contributed by atoms with van der Waals surface area (Å²) in [5.41, 5.74) is -0.109. The molecule has 1 aromatic rings. The fourth-order valence-corrected chi connectivity index (χ4v) is 5.35. The molecule has 0 bridgehead atoms. The number of esters is 1. The Bertz CT molecular complexity index is 862. The first-order chi connectivity index (χ1) is 13.8. The predicted molar refractivity (Wildman–Crippen MR) is 104 cm³/mol. The quantitative estimate of drug-likeness (QED) is 0.706. The van der Waals surface area contributed by atoms with Gasteiger partial charge < -0.3 is 10.1 Å². The van der Waals surface area contributed by atoms with Crippen molar-refractivity contribution in [2.45, 2.75) is 68.9 Å². The SMILES string of the molecule is C[C@H](OC(=O)c1ccc(F)c(S(=O)(=O)N2CCCCC2)c1)C(=O)NC1CCCC1. The molecule has 1 amide bonds. The van der Waals surface area contributed by atoms with Gasteiger partial charge in [0.15, 0.2) is 6.10 Å². The maximum Gasteiger partial charge on any atom is 0.338 e. The second kappa shape index (κ2) is 9.21. The molecule has 0 spiro atoms. The van der Waals surface area contributed by atoms with Crippen LogP contribution in [-0.2, 0) is 19.6 Å². The van der Waals surface area contributed by atoms with Crippen LogP contribution in [0.15, 0.2) is 23.1 Å². The van der Waals surface area contributed by atoms with Crippen molar-refractivity contribution in [1.29, 1.82) is 0 Å². The molecule has 3 rings (SSSR count). The summed E-state index contributed by atoms with van der Waals surface area (Å²) >= 11 is 0. The Kier molecular flexibility index (Phi) is 6.89. The zero-order valence-corrected chi connectivity index (χ0v) is 17.3. The molecule has 1 heterocycles. The van der Waals surface area contributed by atoms with Gasteiger partial charge in [-0.3, -0.25) is 4.79 Å². The number of benzene rings is 1. The summed E-state index contributed by atoms with van der Waals surface area (Å²) in [5, 5.41) is 2.84. The molecular weight excluding hydrogens is 399 g/mol. The number of ether oxygens (including phenoxy) is 1. The highest BCUT2D eigenvalue weighted by molar-refractivity contribution is 7.89. The summed E-state index contributed by atoms with van der Waals surface area (Å²) in [6.07, 6.45) is 5.26. The van der Waals surface area contributed by atoms with Crippen molar-refractivity contribution in [3.63, 3.8) is 0 Å². The predicted octanol–water partition coefficient (Wildman–Crippen LogP) is 2.60. The second-order valence-corrected chi connectivity index (χ2v) is 9.55. The van der Waals surface area contributed by atoms with Crippen LogP contribution >= 0.6 is 0 Å². The summed E-state index contributed by atoms with van der Waals surface area (Å²) < 4.78 is 46.2. The van der Waals surface area contributed by atoms with E-state index in [4.69, 9.17) is 4.74 Å². The molecule has 0 radical (unpaired) electrons. The maximum atomic E-state index is 14.3. The lowest BCUT2D eigenvalue weighted by Crippen LogP contribution is -2.40. The molecule has 1 aromatic carbocycles. The molecule has 9 heteroatoms. The van der Waals surface area contributed by atoms with Crippen LogP contribution in [0.1, 0.15) is 62.2 Å². The van der Waals surface area contributed by atoms with Gasteiger partial charge in [0.05, 0.1) is 5.56 Å². The zero-order valence-electron chi connectivity index (χ0n) is 16.5. The average Bonchev–Trinajstić information content (AvgIpc) is 3.21. The average molecular weight is 427 g/mol. The van der Waals surface area contributed by atoms with E-state index < -0.39 is 38.7 Å². The maximum absolute atomic E-state index is 14.3. The molecule has 1 saturated carbocycles. The van der Waals surface area contributed by atoms with Gasteiger partial charge in [-0.2, -0.15) is 4.31 Å². The standard InChI is InChI=1S/C20H27FN2O5S/c1-14(19(24)22-16-7-3-4-8-16)28-20(25)15-9-10-17(21)18(13-15)29(26,27)23-11-5-2-6-12-23/h9-10,13-14,16H,2-8,11-12H2,1H3,(H,22,24)/t14-/m0/s1. The van der Waals surface area contributed by atoms with Crippen LogP contribution in [0.4, 0.5) is 4.39 Å². The number of sulfonamides is 1. The topological polar surface area (TPSA) is 92.8 Å². The second-order valence-electron chi connectivity index (χ2n) is 7.65. The minimum Gasteiger partial charge on any atom is -0.449 e. The number of carbonyl (C=O) groups is 2. The van der Waals surface area contributed by atoms with E-state index in [2.05, 4.69) is 5.32 Å². The number of piperidine rings is 1. The molecule has 7 nitrogen and oxygen atoms in total. The Morgan fingerprint density at radius 3 is 2.45 bits per heavy atom. The van der Waals surface area contributed by atoms with Crippen LogP contribution < -0.4 is 5.32 Å². The Morgan fingerprint density at radius 2 is 1.79 bits per heavy atom. The largest absolute Gasteiger partial charge is 0.449 e. The van der Waals surface area contributed by atoms with Gasteiger partial charge in [0.25, 0.3) is 5.91 Å². The fourth-order valence-electron chi connectivity index (χ4n) is 3.74. The molecule has 29 heavy (non-hydrogen) atoms. The van der Waals surface area contributed by atoms with E-state index in [0.717, 1.165) is 63.1 Å². The molecule has 1 aliphatic carbocycles. The van der Waals surface area contributed by atoms with E-state index >= 15 is 0 Å². The van der Waals surface area contributed by atoms with Gasteiger partial charge in [-0.15, -0.1) is 0 Å². The smallest absolute Gasteiger partial charge is 0.338 e. The molecule has 1 N–H and O–H groups in total. The van der Waals surface area contributed by atoms with E-state index in [9.17, 15) is 22.4 Å². The van der Waals surface area contributed by atoms with E-state index in [0.29, 0.717) is 13.1 Å². The fraction of sp³-hybridized carbons (Fsp3) is 0.600. The lowest BCUT2D eigenvalue weighted by molar-refractivity contribution is -0.129. The lowest BCUT2D eigenvalue weighted by atomic mass is 10.2. The Morgan fingerprint density at radius 1 is 1.14 bits per heavy atom. The highest BCUT2D eigenvalue weighted by atomic mass is 32.2. The van der Waals surface area contributed by atoms with Crippen LogP contribution in [0.2, 0.25) is 0 Å². The van der Waals surface area contributed by atoms with Crippen molar-refractivity contribution in [1.82, 2.24) is 9.62 Å². The lowest BCUT2D eigenvalue weighted by Gasteiger charge is -2.26. The normalized spacial score (nSPS) is 19.7. The highest BCUT2D eigenvalue weighted by Crippen LogP contribution is 2.24. The molecule has 160 valence electrons. The molecular formula is C20H27FN2O5S. The van der Waals surface area contributed by atoms with Crippen LogP contribution in [0.3, 0.4) is 0 Å². The van der Waals surface area contributed by atoms with E-state index in [1.165, 1.54) is 11.2 Å². The third kappa shape index (κ3) is 5.14. The van der Waals surface area contributed by atoms with Crippen molar-refractivity contribution in [3.05, 3.63) is 29.6 Å². The van der Waals surface area contributed by atoms with Crippen molar-refractivity contribution in [3.8, 4) is 0 Å². The van der Waals surface area contributed by atoms with Crippen molar-refractivity contribution >= 4 is 21.9 Å². The van der Waals surface area contributed by atoms with Crippen LogP contribution in [-0.4, -0.2) is 49.8 Å². The van der Waals surface area contributed by atoms with Gasteiger partial charge in [0.2, 0.25) is 10.0 Å². The summed E-state index contributed by atoms with van der Waals surface area (Å²) in [5.74, 6) is -2.18. The number of halogens is 1. The van der Waals surface area contributed by atoms with Gasteiger partial charge in [-0.25, -0.2) is 17.6 Å². The molecule has 0 unspecified atom stereocenters. The van der Waals surface area contributed by atoms with Crippen LogP contribution in [0.25, 0.3) is 0 Å². The molecule has 0 aromatic heterocycles. The van der Waals surface area contributed by atoms with E-state index in [1.54, 1.807) is 0 Å². The van der Waals surface area contributed by atoms with Gasteiger partial charge in [0, 0.05) is 19.1 Å². The van der Waals surface area contributed by atoms with Crippen molar-refractivity contribution in [2.24, 2.45) is 0 Å². The first kappa shape index (κ1) is 21.7. The first-order valence-corrected chi connectivity index (χ1v) is 11.5. The number of nitrogens with one attached hydrogen (secondary N) is 1. The van der Waals surface area contributed by atoms with Crippen molar-refractivity contribution < 1.29 is 27.1 Å². The molecule has 2 fully saturated rings. The Hall–Kier alpha value is -2.00. The summed E-state index contributed by atoms with van der Waals surface area (Å²) in [6.45, 7) is 2.11. The number of nitrogens with zero attached hydrogens (tertiary/aromatic N) is 1. The summed E-state index contributed by atoms with van der Waals surface area (Å²) in [4.78, 5) is 24.1. The monoisotopic (exact) mass is 426 g/mol. The number of rotatable bonds is 6. The molecule has 1 saturated heterocycles. The minimum absolute atomic E-state index is 0.0933.